The average molecular weight is 390 g/mol. The van der Waals surface area contributed by atoms with E-state index in [2.05, 4.69) is 10.6 Å². The summed E-state index contributed by atoms with van der Waals surface area (Å²) in [6.07, 6.45) is 0. The molecule has 2 N–H and O–H groups in total. The molecule has 27 heavy (non-hydrogen) atoms. The molecule has 7 nitrogen and oxygen atoms in total. The minimum Gasteiger partial charge on any atom is -0.495 e. The summed E-state index contributed by atoms with van der Waals surface area (Å²) in [4.78, 5) is 37.2. The predicted octanol–water partition coefficient (Wildman–Crippen LogP) is 3.02. The number of carbonyl (C=O) groups is 3. The number of rotatable bonds is 6. The van der Waals surface area contributed by atoms with Gasteiger partial charge in [-0.05, 0) is 36.4 Å². The number of likely N-dealkylation sites (N-methyl/N-ethyl adjacent to an activating group) is 1. The van der Waals surface area contributed by atoms with Crippen LogP contribution in [0.25, 0.3) is 0 Å². The third kappa shape index (κ3) is 5.72. The molecule has 142 valence electrons. The molecule has 0 fully saturated rings. The fraction of sp³-hybridized carbons (Fsp3) is 0.211. The molecule has 0 radical (unpaired) electrons. The first-order valence-corrected chi connectivity index (χ1v) is 8.44. The molecule has 2 aromatic carbocycles. The van der Waals surface area contributed by atoms with Crippen molar-refractivity contribution in [1.82, 2.24) is 4.90 Å². The second kappa shape index (κ2) is 9.05. The molecule has 2 aromatic rings. The van der Waals surface area contributed by atoms with Crippen molar-refractivity contribution in [3.63, 3.8) is 0 Å². The van der Waals surface area contributed by atoms with Gasteiger partial charge in [-0.25, -0.2) is 0 Å². The molecule has 0 heterocycles. The number of ether oxygens (including phenoxy) is 1. The smallest absolute Gasteiger partial charge is 0.254 e. The molecule has 0 spiro atoms. The Kier molecular flexibility index (Phi) is 6.79. The summed E-state index contributed by atoms with van der Waals surface area (Å²) in [5, 5.41) is 5.74. The molecule has 0 aromatic heterocycles. The summed E-state index contributed by atoms with van der Waals surface area (Å²) >= 11 is 5.94. The van der Waals surface area contributed by atoms with Gasteiger partial charge >= 0.3 is 0 Å². The molecule has 0 unspecified atom stereocenters. The van der Waals surface area contributed by atoms with Crippen molar-refractivity contribution in [3.8, 4) is 5.75 Å². The zero-order valence-electron chi connectivity index (χ0n) is 15.2. The number of hydrogen-bond acceptors (Lipinski definition) is 4. The first-order chi connectivity index (χ1) is 12.8. The van der Waals surface area contributed by atoms with E-state index in [4.69, 9.17) is 16.3 Å². The van der Waals surface area contributed by atoms with Crippen LogP contribution >= 0.6 is 11.6 Å². The highest BCUT2D eigenvalue weighted by Gasteiger charge is 2.17. The predicted molar refractivity (Wildman–Crippen MR) is 104 cm³/mol. The molecule has 0 saturated carbocycles. The van der Waals surface area contributed by atoms with Gasteiger partial charge in [0.2, 0.25) is 11.8 Å². The van der Waals surface area contributed by atoms with Gasteiger partial charge in [-0.3, -0.25) is 14.4 Å². The number of nitrogens with zero attached hydrogens (tertiary/aromatic N) is 1. The van der Waals surface area contributed by atoms with Crippen molar-refractivity contribution in [2.24, 2.45) is 0 Å². The molecule has 0 aliphatic heterocycles. The topological polar surface area (TPSA) is 87.7 Å². The average Bonchev–Trinajstić information content (AvgIpc) is 2.60. The Morgan fingerprint density at radius 1 is 1.11 bits per heavy atom. The Balaban J connectivity index is 2.05. The number of amides is 3. The molecule has 3 amide bonds. The Hall–Kier alpha value is -3.06. The van der Waals surface area contributed by atoms with Gasteiger partial charge < -0.3 is 20.3 Å². The molecular weight excluding hydrogens is 370 g/mol. The Bertz CT molecular complexity index is 870. The minimum atomic E-state index is -0.399. The van der Waals surface area contributed by atoms with E-state index in [9.17, 15) is 14.4 Å². The lowest BCUT2D eigenvalue weighted by Gasteiger charge is -2.18. The number of benzene rings is 2. The van der Waals surface area contributed by atoms with Crippen molar-refractivity contribution in [2.45, 2.75) is 6.92 Å². The summed E-state index contributed by atoms with van der Waals surface area (Å²) in [5.41, 5.74) is 1.29. The molecule has 0 aliphatic rings. The first kappa shape index (κ1) is 20.3. The van der Waals surface area contributed by atoms with Crippen molar-refractivity contribution >= 4 is 40.7 Å². The SMILES string of the molecule is COc1ccc(Cl)cc1NC(=O)CN(C)C(=O)c1cccc(NC(C)=O)c1. The highest BCUT2D eigenvalue weighted by atomic mass is 35.5. The largest absolute Gasteiger partial charge is 0.495 e. The van der Waals surface area contributed by atoms with Crippen LogP contribution in [-0.2, 0) is 9.59 Å². The highest BCUT2D eigenvalue weighted by molar-refractivity contribution is 6.31. The van der Waals surface area contributed by atoms with Crippen molar-refractivity contribution < 1.29 is 19.1 Å². The van der Waals surface area contributed by atoms with Crippen LogP contribution in [0.4, 0.5) is 11.4 Å². The van der Waals surface area contributed by atoms with Crippen molar-refractivity contribution in [3.05, 3.63) is 53.1 Å². The summed E-state index contributed by atoms with van der Waals surface area (Å²) in [6, 6.07) is 11.4. The molecule has 2 rings (SSSR count). The second-order valence-electron chi connectivity index (χ2n) is 5.82. The summed E-state index contributed by atoms with van der Waals surface area (Å²) in [7, 11) is 3.00. The number of methoxy groups -OCH3 is 1. The summed E-state index contributed by atoms with van der Waals surface area (Å²) < 4.78 is 5.18. The van der Waals surface area contributed by atoms with Gasteiger partial charge in [0.05, 0.1) is 19.3 Å². The molecule has 0 saturated heterocycles. The van der Waals surface area contributed by atoms with E-state index in [1.54, 1.807) is 42.5 Å². The maximum Gasteiger partial charge on any atom is 0.254 e. The standard InChI is InChI=1S/C19H20ClN3O4/c1-12(24)21-15-6-4-5-13(9-15)19(26)23(2)11-18(25)22-16-10-14(20)7-8-17(16)27-3/h4-10H,11H2,1-3H3,(H,21,24)(H,22,25). The Morgan fingerprint density at radius 3 is 2.52 bits per heavy atom. The normalized spacial score (nSPS) is 10.1. The molecule has 8 heteroatoms. The van der Waals surface area contributed by atoms with E-state index in [0.29, 0.717) is 27.7 Å². The van der Waals surface area contributed by atoms with E-state index >= 15 is 0 Å². The lowest BCUT2D eigenvalue weighted by molar-refractivity contribution is -0.116. The zero-order chi connectivity index (χ0) is 20.0. The van der Waals surface area contributed by atoms with E-state index in [0.717, 1.165) is 0 Å². The van der Waals surface area contributed by atoms with Crippen molar-refractivity contribution in [2.75, 3.05) is 31.3 Å². The van der Waals surface area contributed by atoms with Crippen LogP contribution in [0.5, 0.6) is 5.75 Å². The monoisotopic (exact) mass is 389 g/mol. The van der Waals surface area contributed by atoms with E-state index in [1.165, 1.54) is 26.0 Å². The fourth-order valence-corrected chi connectivity index (χ4v) is 2.58. The molecule has 0 aliphatic carbocycles. The van der Waals surface area contributed by atoms with Crippen molar-refractivity contribution in [1.29, 1.82) is 0 Å². The van der Waals surface area contributed by atoms with Crippen LogP contribution in [0.1, 0.15) is 17.3 Å². The first-order valence-electron chi connectivity index (χ1n) is 8.06. The van der Waals surface area contributed by atoms with Crippen LogP contribution in [0.15, 0.2) is 42.5 Å². The maximum absolute atomic E-state index is 12.5. The van der Waals surface area contributed by atoms with Gasteiger partial charge in [-0.1, -0.05) is 17.7 Å². The Labute approximate surface area is 162 Å². The molecule has 0 atom stereocenters. The molecular formula is C19H20ClN3O4. The number of anilines is 2. The van der Waals surface area contributed by atoms with Gasteiger partial charge in [-0.2, -0.15) is 0 Å². The van der Waals surface area contributed by atoms with Crippen LogP contribution in [0, 0.1) is 0 Å². The lowest BCUT2D eigenvalue weighted by atomic mass is 10.1. The van der Waals surface area contributed by atoms with Gasteiger partial charge in [0, 0.05) is 30.2 Å². The third-order valence-electron chi connectivity index (χ3n) is 3.59. The van der Waals surface area contributed by atoms with Gasteiger partial charge in [0.25, 0.3) is 5.91 Å². The fourth-order valence-electron chi connectivity index (χ4n) is 2.41. The number of carbonyl (C=O) groups excluding carboxylic acids is 3. The number of hydrogen-bond donors (Lipinski definition) is 2. The minimum absolute atomic E-state index is 0.168. The summed E-state index contributed by atoms with van der Waals surface area (Å²) in [6.45, 7) is 1.22. The van der Waals surface area contributed by atoms with E-state index in [1.807, 2.05) is 0 Å². The lowest BCUT2D eigenvalue weighted by Crippen LogP contribution is -2.35. The number of nitrogens with one attached hydrogen (secondary N) is 2. The van der Waals surface area contributed by atoms with Crippen LogP contribution in [-0.4, -0.2) is 43.3 Å². The van der Waals surface area contributed by atoms with Gasteiger partial charge in [-0.15, -0.1) is 0 Å². The highest BCUT2D eigenvalue weighted by Crippen LogP contribution is 2.27. The van der Waals surface area contributed by atoms with Gasteiger partial charge in [0.1, 0.15) is 5.75 Å². The van der Waals surface area contributed by atoms with E-state index in [-0.39, 0.29) is 18.4 Å². The van der Waals surface area contributed by atoms with Crippen LogP contribution in [0.3, 0.4) is 0 Å². The quantitative estimate of drug-likeness (QED) is 0.794. The molecule has 0 bridgehead atoms. The summed E-state index contributed by atoms with van der Waals surface area (Å²) in [5.74, 6) is -0.521. The maximum atomic E-state index is 12.5. The Morgan fingerprint density at radius 2 is 1.85 bits per heavy atom. The van der Waals surface area contributed by atoms with Crippen LogP contribution < -0.4 is 15.4 Å². The number of halogens is 1. The van der Waals surface area contributed by atoms with E-state index < -0.39 is 5.91 Å². The van der Waals surface area contributed by atoms with Crippen LogP contribution in [0.2, 0.25) is 5.02 Å². The zero-order valence-corrected chi connectivity index (χ0v) is 16.0. The second-order valence-corrected chi connectivity index (χ2v) is 6.25. The van der Waals surface area contributed by atoms with Gasteiger partial charge in [0.15, 0.2) is 0 Å². The third-order valence-corrected chi connectivity index (χ3v) is 3.83.